The number of likely N-dealkylation sites (tertiary alicyclic amines) is 1. The first-order valence-corrected chi connectivity index (χ1v) is 4.50. The molecule has 1 saturated heterocycles. The van der Waals surface area contributed by atoms with Crippen LogP contribution in [-0.2, 0) is 13.0 Å². The van der Waals surface area contributed by atoms with Crippen molar-refractivity contribution in [2.75, 3.05) is 13.1 Å². The first-order chi connectivity index (χ1) is 6.28. The van der Waals surface area contributed by atoms with Gasteiger partial charge in [0.1, 0.15) is 0 Å². The SMILES string of the molecule is CCc1noc(CN2CC(O)C2)n1. The molecule has 0 aliphatic carbocycles. The van der Waals surface area contributed by atoms with Gasteiger partial charge in [-0.3, -0.25) is 4.90 Å². The Morgan fingerprint density at radius 3 is 2.92 bits per heavy atom. The van der Waals surface area contributed by atoms with Crippen molar-refractivity contribution in [1.29, 1.82) is 0 Å². The van der Waals surface area contributed by atoms with E-state index in [9.17, 15) is 0 Å². The number of rotatable bonds is 3. The Morgan fingerprint density at radius 2 is 2.38 bits per heavy atom. The van der Waals surface area contributed by atoms with Gasteiger partial charge in [-0.15, -0.1) is 0 Å². The van der Waals surface area contributed by atoms with Crippen molar-refractivity contribution in [3.8, 4) is 0 Å². The maximum Gasteiger partial charge on any atom is 0.240 e. The third-order valence-electron chi connectivity index (χ3n) is 2.12. The molecule has 1 fully saturated rings. The highest BCUT2D eigenvalue weighted by Gasteiger charge is 2.25. The summed E-state index contributed by atoms with van der Waals surface area (Å²) >= 11 is 0. The average molecular weight is 183 g/mol. The van der Waals surface area contributed by atoms with E-state index in [2.05, 4.69) is 15.0 Å². The highest BCUT2D eigenvalue weighted by atomic mass is 16.5. The van der Waals surface area contributed by atoms with Crippen LogP contribution in [0.5, 0.6) is 0 Å². The van der Waals surface area contributed by atoms with Crippen molar-refractivity contribution < 1.29 is 9.63 Å². The monoisotopic (exact) mass is 183 g/mol. The summed E-state index contributed by atoms with van der Waals surface area (Å²) in [6, 6.07) is 0. The van der Waals surface area contributed by atoms with Gasteiger partial charge in [-0.2, -0.15) is 4.98 Å². The van der Waals surface area contributed by atoms with Gasteiger partial charge in [0, 0.05) is 19.5 Å². The Balaban J connectivity index is 1.87. The van der Waals surface area contributed by atoms with Crippen LogP contribution in [0.1, 0.15) is 18.6 Å². The molecule has 0 aromatic carbocycles. The second-order valence-electron chi connectivity index (χ2n) is 3.31. The number of aryl methyl sites for hydroxylation is 1. The van der Waals surface area contributed by atoms with Crippen LogP contribution in [0.25, 0.3) is 0 Å². The highest BCUT2D eigenvalue weighted by Crippen LogP contribution is 2.11. The number of nitrogens with zero attached hydrogens (tertiary/aromatic N) is 3. The predicted molar refractivity (Wildman–Crippen MR) is 45.0 cm³/mol. The molecule has 0 bridgehead atoms. The first-order valence-electron chi connectivity index (χ1n) is 4.50. The number of hydrogen-bond acceptors (Lipinski definition) is 5. The van der Waals surface area contributed by atoms with Crippen molar-refractivity contribution in [3.05, 3.63) is 11.7 Å². The molecule has 0 radical (unpaired) electrons. The zero-order valence-corrected chi connectivity index (χ0v) is 7.60. The summed E-state index contributed by atoms with van der Waals surface area (Å²) in [5.74, 6) is 1.39. The van der Waals surface area contributed by atoms with Crippen LogP contribution in [0.15, 0.2) is 4.52 Å². The standard InChI is InChI=1S/C8H13N3O2/c1-2-7-9-8(13-10-7)5-11-3-6(12)4-11/h6,12H,2-5H2,1H3. The lowest BCUT2D eigenvalue weighted by Gasteiger charge is -2.34. The fourth-order valence-corrected chi connectivity index (χ4v) is 1.36. The van der Waals surface area contributed by atoms with E-state index in [0.29, 0.717) is 25.5 Å². The third-order valence-corrected chi connectivity index (χ3v) is 2.12. The van der Waals surface area contributed by atoms with Gasteiger partial charge in [0.15, 0.2) is 5.82 Å². The van der Waals surface area contributed by atoms with Crippen molar-refractivity contribution in [1.82, 2.24) is 15.0 Å². The van der Waals surface area contributed by atoms with E-state index in [0.717, 1.165) is 12.2 Å². The summed E-state index contributed by atoms with van der Waals surface area (Å²) in [5.41, 5.74) is 0. The summed E-state index contributed by atoms with van der Waals surface area (Å²) in [7, 11) is 0. The first kappa shape index (κ1) is 8.65. The highest BCUT2D eigenvalue weighted by molar-refractivity contribution is 4.88. The smallest absolute Gasteiger partial charge is 0.240 e. The Bertz CT molecular complexity index is 281. The van der Waals surface area contributed by atoms with E-state index in [-0.39, 0.29) is 6.10 Å². The molecule has 0 spiro atoms. The number of β-amino-alcohol motifs (C(OH)–C–C–N with tert-alkyl or cyclic N) is 1. The van der Waals surface area contributed by atoms with Crippen LogP contribution in [0.2, 0.25) is 0 Å². The molecular formula is C8H13N3O2. The number of aliphatic hydroxyl groups is 1. The van der Waals surface area contributed by atoms with Gasteiger partial charge >= 0.3 is 0 Å². The molecule has 1 aliphatic rings. The Labute approximate surface area is 76.4 Å². The van der Waals surface area contributed by atoms with E-state index < -0.39 is 0 Å². The Hall–Kier alpha value is -0.940. The molecule has 1 aromatic heterocycles. The molecule has 5 nitrogen and oxygen atoms in total. The molecule has 1 aromatic rings. The summed E-state index contributed by atoms with van der Waals surface area (Å²) in [4.78, 5) is 6.24. The summed E-state index contributed by atoms with van der Waals surface area (Å²) in [6.07, 6.45) is 0.625. The molecule has 1 aliphatic heterocycles. The molecule has 2 heterocycles. The molecule has 1 N–H and O–H groups in total. The van der Waals surface area contributed by atoms with Gasteiger partial charge in [-0.1, -0.05) is 12.1 Å². The predicted octanol–water partition coefficient (Wildman–Crippen LogP) is -0.191. The van der Waals surface area contributed by atoms with Crippen molar-refractivity contribution in [2.45, 2.75) is 26.0 Å². The molecular weight excluding hydrogens is 170 g/mol. The molecule has 5 heteroatoms. The second-order valence-corrected chi connectivity index (χ2v) is 3.31. The number of hydrogen-bond donors (Lipinski definition) is 1. The minimum absolute atomic E-state index is 0.173. The van der Waals surface area contributed by atoms with Gasteiger partial charge in [-0.05, 0) is 0 Å². The fraction of sp³-hybridized carbons (Fsp3) is 0.750. The molecule has 72 valence electrons. The lowest BCUT2D eigenvalue weighted by atomic mass is 10.2. The molecule has 0 atom stereocenters. The quantitative estimate of drug-likeness (QED) is 0.703. The molecule has 0 amide bonds. The van der Waals surface area contributed by atoms with Crippen LogP contribution in [0.4, 0.5) is 0 Å². The van der Waals surface area contributed by atoms with Crippen LogP contribution in [-0.4, -0.2) is 39.3 Å². The van der Waals surface area contributed by atoms with Gasteiger partial charge in [0.05, 0.1) is 12.6 Å². The molecule has 0 unspecified atom stereocenters. The van der Waals surface area contributed by atoms with Gasteiger partial charge in [-0.25, -0.2) is 0 Å². The van der Waals surface area contributed by atoms with Crippen LogP contribution in [0.3, 0.4) is 0 Å². The normalized spacial score (nSPS) is 18.9. The minimum atomic E-state index is -0.173. The lowest BCUT2D eigenvalue weighted by Crippen LogP contribution is -2.49. The zero-order valence-electron chi connectivity index (χ0n) is 7.60. The van der Waals surface area contributed by atoms with E-state index in [1.807, 2.05) is 6.92 Å². The van der Waals surface area contributed by atoms with Gasteiger partial charge in [0.25, 0.3) is 0 Å². The van der Waals surface area contributed by atoms with Crippen LogP contribution in [0, 0.1) is 0 Å². The van der Waals surface area contributed by atoms with Crippen LogP contribution >= 0.6 is 0 Å². The maximum absolute atomic E-state index is 9.04. The molecule has 13 heavy (non-hydrogen) atoms. The maximum atomic E-state index is 9.04. The van der Waals surface area contributed by atoms with E-state index in [1.165, 1.54) is 0 Å². The second kappa shape index (κ2) is 3.43. The minimum Gasteiger partial charge on any atom is -0.390 e. The van der Waals surface area contributed by atoms with E-state index in [1.54, 1.807) is 0 Å². The largest absolute Gasteiger partial charge is 0.390 e. The van der Waals surface area contributed by atoms with Crippen molar-refractivity contribution >= 4 is 0 Å². The van der Waals surface area contributed by atoms with Gasteiger partial charge in [0.2, 0.25) is 5.89 Å². The van der Waals surface area contributed by atoms with E-state index >= 15 is 0 Å². The fourth-order valence-electron chi connectivity index (χ4n) is 1.36. The topological polar surface area (TPSA) is 62.4 Å². The Morgan fingerprint density at radius 1 is 1.62 bits per heavy atom. The summed E-state index contributed by atoms with van der Waals surface area (Å²) in [5, 5.41) is 12.8. The van der Waals surface area contributed by atoms with Crippen LogP contribution < -0.4 is 0 Å². The summed E-state index contributed by atoms with van der Waals surface area (Å²) in [6.45, 7) is 4.07. The summed E-state index contributed by atoms with van der Waals surface area (Å²) < 4.78 is 5.01. The lowest BCUT2D eigenvalue weighted by molar-refractivity contribution is -0.00806. The number of aliphatic hydroxyl groups excluding tert-OH is 1. The molecule has 0 saturated carbocycles. The molecule has 2 rings (SSSR count). The van der Waals surface area contributed by atoms with E-state index in [4.69, 9.17) is 9.63 Å². The van der Waals surface area contributed by atoms with Gasteiger partial charge < -0.3 is 9.63 Å². The third kappa shape index (κ3) is 1.87. The zero-order chi connectivity index (χ0) is 9.26. The number of aromatic nitrogens is 2. The average Bonchev–Trinajstić information content (AvgIpc) is 2.50. The van der Waals surface area contributed by atoms with Crippen molar-refractivity contribution in [2.24, 2.45) is 0 Å². The Kier molecular flexibility index (Phi) is 2.28. The van der Waals surface area contributed by atoms with Crippen molar-refractivity contribution in [3.63, 3.8) is 0 Å².